The molecule has 19 heavy (non-hydrogen) atoms. The van der Waals surface area contributed by atoms with Crippen LogP contribution in [0.3, 0.4) is 0 Å². The highest BCUT2D eigenvalue weighted by atomic mass is 16.5. The molecule has 1 aromatic rings. The number of anilines is 1. The molecule has 1 aliphatic rings. The Bertz CT molecular complexity index is 531. The van der Waals surface area contributed by atoms with Crippen molar-refractivity contribution < 1.29 is 9.53 Å². The van der Waals surface area contributed by atoms with Crippen LogP contribution in [0.4, 0.5) is 5.69 Å². The van der Waals surface area contributed by atoms with Crippen molar-refractivity contribution in [3.63, 3.8) is 0 Å². The number of benzene rings is 1. The number of fused-ring (bicyclic) bond motifs is 1. The molecule has 1 aromatic carbocycles. The zero-order valence-electron chi connectivity index (χ0n) is 11.5. The maximum absolute atomic E-state index is 12.4. The molecule has 0 saturated heterocycles. The van der Waals surface area contributed by atoms with Gasteiger partial charge in [0.15, 0.2) is 6.10 Å². The third kappa shape index (κ3) is 2.55. The Hall–Kier alpha value is -2.02. The van der Waals surface area contributed by atoms with E-state index >= 15 is 0 Å². The van der Waals surface area contributed by atoms with E-state index in [1.54, 1.807) is 4.90 Å². The minimum atomic E-state index is -0.465. The van der Waals surface area contributed by atoms with E-state index in [9.17, 15) is 4.79 Å². The molecule has 0 fully saturated rings. The van der Waals surface area contributed by atoms with Gasteiger partial charge in [-0.05, 0) is 30.5 Å². The number of nitriles is 1. The number of rotatable bonds is 3. The summed E-state index contributed by atoms with van der Waals surface area (Å²) in [7, 11) is 0. The molecule has 2 rings (SSSR count). The largest absolute Gasteiger partial charge is 0.478 e. The van der Waals surface area contributed by atoms with Gasteiger partial charge in [-0.15, -0.1) is 0 Å². The van der Waals surface area contributed by atoms with Gasteiger partial charge in [-0.25, -0.2) is 0 Å². The smallest absolute Gasteiger partial charge is 0.268 e. The van der Waals surface area contributed by atoms with Gasteiger partial charge in [-0.3, -0.25) is 4.79 Å². The minimum absolute atomic E-state index is 0.0541. The predicted molar refractivity (Wildman–Crippen MR) is 73.0 cm³/mol. The van der Waals surface area contributed by atoms with Crippen LogP contribution in [-0.4, -0.2) is 18.6 Å². The third-order valence-electron chi connectivity index (χ3n) is 3.22. The molecule has 0 aromatic heterocycles. The Kier molecular flexibility index (Phi) is 3.75. The Balaban J connectivity index is 2.41. The average Bonchev–Trinajstić information content (AvgIpc) is 2.37. The van der Waals surface area contributed by atoms with E-state index in [0.717, 1.165) is 17.0 Å². The van der Waals surface area contributed by atoms with Crippen LogP contribution in [0.15, 0.2) is 18.2 Å². The molecule has 0 spiro atoms. The van der Waals surface area contributed by atoms with E-state index < -0.39 is 6.10 Å². The lowest BCUT2D eigenvalue weighted by atomic mass is 10.0. The molecule has 4 nitrogen and oxygen atoms in total. The molecule has 100 valence electrons. The molecule has 4 heteroatoms. The Morgan fingerprint density at radius 1 is 1.47 bits per heavy atom. The molecular weight excluding hydrogens is 240 g/mol. The first-order valence-electron chi connectivity index (χ1n) is 6.50. The number of hydrogen-bond acceptors (Lipinski definition) is 3. The predicted octanol–water partition coefficient (Wildman–Crippen LogP) is 2.66. The number of amides is 1. The fourth-order valence-electron chi connectivity index (χ4n) is 2.21. The molecule has 1 heterocycles. The van der Waals surface area contributed by atoms with Crippen molar-refractivity contribution in [1.29, 1.82) is 5.26 Å². The second-order valence-corrected chi connectivity index (χ2v) is 5.15. The fourth-order valence-corrected chi connectivity index (χ4v) is 2.21. The van der Waals surface area contributed by atoms with E-state index in [2.05, 4.69) is 6.07 Å². The molecule has 0 radical (unpaired) electrons. The van der Waals surface area contributed by atoms with E-state index in [0.29, 0.717) is 13.0 Å². The van der Waals surface area contributed by atoms with Crippen molar-refractivity contribution >= 4 is 11.6 Å². The summed E-state index contributed by atoms with van der Waals surface area (Å²) < 4.78 is 5.82. The lowest BCUT2D eigenvalue weighted by Gasteiger charge is -2.35. The van der Waals surface area contributed by atoms with Crippen molar-refractivity contribution in [2.24, 2.45) is 5.92 Å². The van der Waals surface area contributed by atoms with Crippen LogP contribution in [0.25, 0.3) is 0 Å². The number of aryl methyl sites for hydroxylation is 1. The van der Waals surface area contributed by atoms with Gasteiger partial charge in [-0.1, -0.05) is 19.9 Å². The van der Waals surface area contributed by atoms with Gasteiger partial charge in [0, 0.05) is 6.54 Å². The Morgan fingerprint density at radius 3 is 2.84 bits per heavy atom. The highest BCUT2D eigenvalue weighted by molar-refractivity contribution is 6.00. The summed E-state index contributed by atoms with van der Waals surface area (Å²) in [6.07, 6.45) is -0.142. The average molecular weight is 258 g/mol. The summed E-state index contributed by atoms with van der Waals surface area (Å²) in [5, 5.41) is 8.73. The summed E-state index contributed by atoms with van der Waals surface area (Å²) >= 11 is 0. The van der Waals surface area contributed by atoms with Crippen LogP contribution >= 0.6 is 0 Å². The van der Waals surface area contributed by atoms with Crippen LogP contribution in [0.5, 0.6) is 5.75 Å². The molecular formula is C15H18N2O2. The van der Waals surface area contributed by atoms with Crippen LogP contribution in [-0.2, 0) is 4.79 Å². The van der Waals surface area contributed by atoms with Crippen molar-refractivity contribution in [3.05, 3.63) is 23.8 Å². The molecule has 0 N–H and O–H groups in total. The third-order valence-corrected chi connectivity index (χ3v) is 3.22. The summed E-state index contributed by atoms with van der Waals surface area (Å²) in [5.74, 6) is 0.781. The summed E-state index contributed by atoms with van der Waals surface area (Å²) in [6, 6.07) is 7.86. The minimum Gasteiger partial charge on any atom is -0.478 e. The van der Waals surface area contributed by atoms with Gasteiger partial charge in [0.1, 0.15) is 5.75 Å². The maximum atomic E-state index is 12.4. The second kappa shape index (κ2) is 5.31. The first-order chi connectivity index (χ1) is 9.04. The van der Waals surface area contributed by atoms with Gasteiger partial charge in [0.25, 0.3) is 5.91 Å². The first-order valence-corrected chi connectivity index (χ1v) is 6.50. The van der Waals surface area contributed by atoms with Gasteiger partial charge in [0.2, 0.25) is 0 Å². The molecule has 0 aliphatic carbocycles. The highest BCUT2D eigenvalue weighted by Gasteiger charge is 2.35. The van der Waals surface area contributed by atoms with Crippen molar-refractivity contribution in [2.45, 2.75) is 33.3 Å². The van der Waals surface area contributed by atoms with E-state index in [1.165, 1.54) is 0 Å². The number of carbonyl (C=O) groups is 1. The van der Waals surface area contributed by atoms with Crippen LogP contribution in [0.2, 0.25) is 0 Å². The molecule has 1 unspecified atom stereocenters. The SMILES string of the molecule is Cc1ccc2c(c1)OC(C(C)C)C(=O)N2CCC#N. The van der Waals surface area contributed by atoms with Crippen LogP contribution < -0.4 is 9.64 Å². The van der Waals surface area contributed by atoms with Gasteiger partial charge >= 0.3 is 0 Å². The highest BCUT2D eigenvalue weighted by Crippen LogP contribution is 2.36. The number of hydrogen-bond donors (Lipinski definition) is 0. The molecule has 0 saturated carbocycles. The van der Waals surface area contributed by atoms with E-state index in [4.69, 9.17) is 10.00 Å². The van der Waals surface area contributed by atoms with Gasteiger partial charge in [0.05, 0.1) is 18.2 Å². The molecule has 1 aliphatic heterocycles. The molecule has 0 bridgehead atoms. The molecule has 1 amide bonds. The van der Waals surface area contributed by atoms with Crippen molar-refractivity contribution in [1.82, 2.24) is 0 Å². The lowest BCUT2D eigenvalue weighted by Crippen LogP contribution is -2.48. The summed E-state index contributed by atoms with van der Waals surface area (Å²) in [5.41, 5.74) is 1.86. The standard InChI is InChI=1S/C15H18N2O2/c1-10(2)14-15(18)17(8-4-7-16)12-6-5-11(3)9-13(12)19-14/h5-6,9-10,14H,4,8H2,1-3H3. The Labute approximate surface area is 113 Å². The van der Waals surface area contributed by atoms with E-state index in [1.807, 2.05) is 39.0 Å². The van der Waals surface area contributed by atoms with Gasteiger partial charge < -0.3 is 9.64 Å². The number of carbonyl (C=O) groups excluding carboxylic acids is 1. The quantitative estimate of drug-likeness (QED) is 0.837. The number of nitrogens with zero attached hydrogens (tertiary/aromatic N) is 2. The topological polar surface area (TPSA) is 53.3 Å². The van der Waals surface area contributed by atoms with Gasteiger partial charge in [-0.2, -0.15) is 5.26 Å². The lowest BCUT2D eigenvalue weighted by molar-refractivity contribution is -0.128. The monoisotopic (exact) mass is 258 g/mol. The number of ether oxygens (including phenoxy) is 1. The Morgan fingerprint density at radius 2 is 2.21 bits per heavy atom. The summed E-state index contributed by atoms with van der Waals surface area (Å²) in [4.78, 5) is 14.1. The maximum Gasteiger partial charge on any atom is 0.268 e. The van der Waals surface area contributed by atoms with Crippen molar-refractivity contribution in [2.75, 3.05) is 11.4 Å². The van der Waals surface area contributed by atoms with Crippen LogP contribution in [0.1, 0.15) is 25.8 Å². The normalized spacial score (nSPS) is 17.9. The zero-order valence-corrected chi connectivity index (χ0v) is 11.5. The second-order valence-electron chi connectivity index (χ2n) is 5.15. The van der Waals surface area contributed by atoms with Crippen molar-refractivity contribution in [3.8, 4) is 11.8 Å². The summed E-state index contributed by atoms with van der Waals surface area (Å²) in [6.45, 7) is 6.33. The molecule has 1 atom stereocenters. The zero-order chi connectivity index (χ0) is 14.0. The van der Waals surface area contributed by atoms with E-state index in [-0.39, 0.29) is 11.8 Å². The fraction of sp³-hybridized carbons (Fsp3) is 0.467. The first kappa shape index (κ1) is 13.4. The van der Waals surface area contributed by atoms with Crippen LogP contribution in [0, 0.1) is 24.2 Å².